The third-order valence-electron chi connectivity index (χ3n) is 4.90. The van der Waals surface area contributed by atoms with Gasteiger partial charge in [-0.1, -0.05) is 29.3 Å². The van der Waals surface area contributed by atoms with E-state index < -0.39 is 0 Å². The quantitative estimate of drug-likeness (QED) is 0.661. The van der Waals surface area contributed by atoms with Crippen LogP contribution in [0.1, 0.15) is 5.56 Å². The Morgan fingerprint density at radius 3 is 2.50 bits per heavy atom. The molecule has 1 N–H and O–H groups in total. The number of halogens is 2. The number of aliphatic hydroxyl groups is 1. The number of hydrogen-bond acceptors (Lipinski definition) is 6. The van der Waals surface area contributed by atoms with Crippen LogP contribution in [0, 0.1) is 0 Å². The van der Waals surface area contributed by atoms with Crippen LogP contribution in [0.15, 0.2) is 23.9 Å². The number of likely N-dealkylation sites (N-methyl/N-ethyl adjacent to an activating group) is 1. The second kappa shape index (κ2) is 9.24. The summed E-state index contributed by atoms with van der Waals surface area (Å²) in [6.07, 6.45) is 0. The van der Waals surface area contributed by atoms with Crippen molar-refractivity contribution in [3.63, 3.8) is 0 Å². The number of carbonyl (C=O) groups is 2. The Bertz CT molecular complexity index is 793. The number of hydrogen-bond donors (Lipinski definition) is 1. The number of morpholine rings is 1. The third kappa shape index (κ3) is 4.34. The van der Waals surface area contributed by atoms with Crippen LogP contribution in [0.25, 0.3) is 5.57 Å². The fraction of sp³-hybridized carbons (Fsp3) is 0.474. The molecule has 0 unspecified atom stereocenters. The Hall–Kier alpha value is -1.64. The highest BCUT2D eigenvalue weighted by Crippen LogP contribution is 2.35. The average Bonchev–Trinajstić information content (AvgIpc) is 2.91. The monoisotopic (exact) mass is 427 g/mol. The maximum absolute atomic E-state index is 13.2. The molecule has 152 valence electrons. The van der Waals surface area contributed by atoms with Crippen LogP contribution in [0.2, 0.25) is 10.0 Å². The standard InChI is InChI=1S/C19H23Cl2N3O4/c1-22(6-9-25)17-16(14-3-2-13(20)12-15(14)21)18(26)24(19(17)27)5-4-23-7-10-28-11-8-23/h2-3,12,25H,4-11H2,1H3. The molecule has 0 radical (unpaired) electrons. The molecule has 1 fully saturated rings. The van der Waals surface area contributed by atoms with Gasteiger partial charge in [0.05, 0.1) is 30.4 Å². The van der Waals surface area contributed by atoms with Crippen molar-refractivity contribution >= 4 is 40.6 Å². The summed E-state index contributed by atoms with van der Waals surface area (Å²) >= 11 is 12.3. The van der Waals surface area contributed by atoms with E-state index in [1.54, 1.807) is 30.1 Å². The molecule has 0 spiro atoms. The van der Waals surface area contributed by atoms with Crippen molar-refractivity contribution in [2.75, 3.05) is 59.6 Å². The van der Waals surface area contributed by atoms with Gasteiger partial charge in [0.15, 0.2) is 0 Å². The Labute approximate surface area is 174 Å². The lowest BCUT2D eigenvalue weighted by Gasteiger charge is -2.28. The maximum Gasteiger partial charge on any atom is 0.277 e. The smallest absolute Gasteiger partial charge is 0.277 e. The van der Waals surface area contributed by atoms with E-state index in [0.717, 1.165) is 13.1 Å². The normalized spacial score (nSPS) is 18.4. The second-order valence-electron chi connectivity index (χ2n) is 6.71. The van der Waals surface area contributed by atoms with E-state index in [9.17, 15) is 14.7 Å². The van der Waals surface area contributed by atoms with Crippen molar-refractivity contribution in [1.29, 1.82) is 0 Å². The van der Waals surface area contributed by atoms with Gasteiger partial charge in [-0.05, 0) is 12.1 Å². The topological polar surface area (TPSA) is 73.3 Å². The molecule has 9 heteroatoms. The van der Waals surface area contributed by atoms with Crippen molar-refractivity contribution in [2.24, 2.45) is 0 Å². The minimum atomic E-state index is -0.387. The number of imide groups is 1. The number of nitrogens with zero attached hydrogens (tertiary/aromatic N) is 3. The van der Waals surface area contributed by atoms with Gasteiger partial charge < -0.3 is 14.7 Å². The summed E-state index contributed by atoms with van der Waals surface area (Å²) < 4.78 is 5.33. The predicted octanol–water partition coefficient (Wildman–Crippen LogP) is 1.33. The highest BCUT2D eigenvalue weighted by Gasteiger charge is 2.41. The van der Waals surface area contributed by atoms with Crippen molar-refractivity contribution < 1.29 is 19.4 Å². The number of rotatable bonds is 7. The second-order valence-corrected chi connectivity index (χ2v) is 7.55. The summed E-state index contributed by atoms with van der Waals surface area (Å²) in [5.41, 5.74) is 0.938. The Kier molecular flexibility index (Phi) is 6.95. The van der Waals surface area contributed by atoms with Crippen LogP contribution in [0.5, 0.6) is 0 Å². The van der Waals surface area contributed by atoms with Crippen LogP contribution in [0.3, 0.4) is 0 Å². The highest BCUT2D eigenvalue weighted by molar-refractivity contribution is 6.41. The third-order valence-corrected chi connectivity index (χ3v) is 5.45. The lowest BCUT2D eigenvalue weighted by atomic mass is 10.0. The summed E-state index contributed by atoms with van der Waals surface area (Å²) in [6.45, 7) is 3.79. The summed E-state index contributed by atoms with van der Waals surface area (Å²) in [5, 5.41) is 10.0. The van der Waals surface area contributed by atoms with Gasteiger partial charge in [0.25, 0.3) is 11.8 Å². The largest absolute Gasteiger partial charge is 0.395 e. The highest BCUT2D eigenvalue weighted by atomic mass is 35.5. The molecule has 0 aromatic heterocycles. The lowest BCUT2D eigenvalue weighted by molar-refractivity contribution is -0.137. The van der Waals surface area contributed by atoms with Gasteiger partial charge in [0, 0.05) is 50.4 Å². The maximum atomic E-state index is 13.2. The van der Waals surface area contributed by atoms with Crippen molar-refractivity contribution in [1.82, 2.24) is 14.7 Å². The van der Waals surface area contributed by atoms with Crippen LogP contribution in [-0.2, 0) is 14.3 Å². The minimum Gasteiger partial charge on any atom is -0.395 e. The number of ether oxygens (including phenoxy) is 1. The zero-order chi connectivity index (χ0) is 20.3. The molecule has 3 rings (SSSR count). The molecule has 1 aromatic carbocycles. The molecule has 0 atom stereocenters. The molecule has 1 aromatic rings. The average molecular weight is 428 g/mol. The number of benzene rings is 1. The van der Waals surface area contributed by atoms with Gasteiger partial charge >= 0.3 is 0 Å². The fourth-order valence-corrected chi connectivity index (χ4v) is 3.89. The first-order valence-corrected chi connectivity index (χ1v) is 9.87. The van der Waals surface area contributed by atoms with Crippen molar-refractivity contribution in [2.45, 2.75) is 0 Å². The van der Waals surface area contributed by atoms with Gasteiger partial charge in [-0.2, -0.15) is 0 Å². The van der Waals surface area contributed by atoms with Crippen molar-refractivity contribution in [3.05, 3.63) is 39.5 Å². The van der Waals surface area contributed by atoms with E-state index in [1.165, 1.54) is 4.90 Å². The van der Waals surface area contributed by atoms with Gasteiger partial charge in [-0.25, -0.2) is 0 Å². The zero-order valence-electron chi connectivity index (χ0n) is 15.7. The SMILES string of the molecule is CN(CCO)C1=C(c2ccc(Cl)cc2Cl)C(=O)N(CCN2CCOCC2)C1=O. The summed E-state index contributed by atoms with van der Waals surface area (Å²) in [5.74, 6) is -0.766. The van der Waals surface area contributed by atoms with E-state index in [-0.39, 0.29) is 42.8 Å². The number of amides is 2. The van der Waals surface area contributed by atoms with Crippen LogP contribution >= 0.6 is 23.2 Å². The molecule has 2 aliphatic heterocycles. The van der Waals surface area contributed by atoms with Crippen LogP contribution in [-0.4, -0.2) is 91.2 Å². The van der Waals surface area contributed by atoms with E-state index in [4.69, 9.17) is 27.9 Å². The van der Waals surface area contributed by atoms with E-state index >= 15 is 0 Å². The van der Waals surface area contributed by atoms with Gasteiger partial charge in [-0.3, -0.25) is 19.4 Å². The van der Waals surface area contributed by atoms with E-state index in [1.807, 2.05) is 0 Å². The molecule has 0 bridgehead atoms. The molecule has 0 saturated carbocycles. The minimum absolute atomic E-state index is 0.142. The first-order valence-electron chi connectivity index (χ1n) is 9.12. The van der Waals surface area contributed by atoms with Gasteiger partial charge in [0.2, 0.25) is 0 Å². The molecule has 0 aliphatic carbocycles. The summed E-state index contributed by atoms with van der Waals surface area (Å²) in [6, 6.07) is 4.82. The first-order chi connectivity index (χ1) is 13.4. The molecule has 2 aliphatic rings. The zero-order valence-corrected chi connectivity index (χ0v) is 17.2. The van der Waals surface area contributed by atoms with Gasteiger partial charge in [-0.15, -0.1) is 0 Å². The molecule has 7 nitrogen and oxygen atoms in total. The summed E-state index contributed by atoms with van der Waals surface area (Å²) in [7, 11) is 1.67. The molecule has 1 saturated heterocycles. The predicted molar refractivity (Wildman–Crippen MR) is 107 cm³/mol. The molecular formula is C19H23Cl2N3O4. The van der Waals surface area contributed by atoms with Gasteiger partial charge in [0.1, 0.15) is 5.70 Å². The van der Waals surface area contributed by atoms with E-state index in [2.05, 4.69) is 4.90 Å². The Morgan fingerprint density at radius 1 is 1.14 bits per heavy atom. The van der Waals surface area contributed by atoms with Crippen LogP contribution in [0.4, 0.5) is 0 Å². The van der Waals surface area contributed by atoms with Crippen LogP contribution < -0.4 is 0 Å². The lowest BCUT2D eigenvalue weighted by Crippen LogP contribution is -2.44. The fourth-order valence-electron chi connectivity index (χ4n) is 3.38. The van der Waals surface area contributed by atoms with Crippen molar-refractivity contribution in [3.8, 4) is 0 Å². The molecule has 28 heavy (non-hydrogen) atoms. The Balaban J connectivity index is 1.90. The van der Waals surface area contributed by atoms with E-state index in [0.29, 0.717) is 35.4 Å². The first kappa shape index (κ1) is 21.1. The molecular weight excluding hydrogens is 405 g/mol. The molecule has 2 amide bonds. The molecule has 2 heterocycles. The number of carbonyl (C=O) groups excluding carboxylic acids is 2. The number of aliphatic hydroxyl groups excluding tert-OH is 1. The summed E-state index contributed by atoms with van der Waals surface area (Å²) in [4.78, 5) is 31.2. The Morgan fingerprint density at radius 2 is 1.86 bits per heavy atom.